The van der Waals surface area contributed by atoms with Crippen LogP contribution < -0.4 is 14.2 Å². The first-order chi connectivity index (χ1) is 13.2. The maximum atomic E-state index is 6.15. The van der Waals surface area contributed by atoms with E-state index in [-0.39, 0.29) is 12.4 Å². The van der Waals surface area contributed by atoms with Crippen molar-refractivity contribution in [1.82, 2.24) is 4.90 Å². The molecule has 1 aliphatic heterocycles. The molecule has 0 N–H and O–H groups in total. The number of halogens is 1. The fourth-order valence-electron chi connectivity index (χ4n) is 3.79. The first kappa shape index (κ1) is 22.4. The summed E-state index contributed by atoms with van der Waals surface area (Å²) < 4.78 is 16.9. The number of hydrogen-bond donors (Lipinski definition) is 0. The molecule has 0 bridgehead atoms. The lowest BCUT2D eigenvalue weighted by Crippen LogP contribution is -2.26. The third kappa shape index (κ3) is 6.05. The Bertz CT molecular complexity index is 715. The van der Waals surface area contributed by atoms with Crippen LogP contribution in [0.5, 0.6) is 17.2 Å². The molecule has 0 radical (unpaired) electrons. The maximum absolute atomic E-state index is 6.15. The minimum Gasteiger partial charge on any atom is -0.497 e. The van der Waals surface area contributed by atoms with Gasteiger partial charge in [0.15, 0.2) is 0 Å². The highest BCUT2D eigenvalue weighted by Gasteiger charge is 2.20. The van der Waals surface area contributed by atoms with Gasteiger partial charge in [0.25, 0.3) is 0 Å². The van der Waals surface area contributed by atoms with E-state index in [0.29, 0.717) is 6.04 Å². The van der Waals surface area contributed by atoms with Crippen molar-refractivity contribution in [2.24, 2.45) is 0 Å². The average Bonchev–Trinajstić information content (AvgIpc) is 3.11. The summed E-state index contributed by atoms with van der Waals surface area (Å²) in [5.41, 5.74) is 2.45. The monoisotopic (exact) mass is 405 g/mol. The van der Waals surface area contributed by atoms with Gasteiger partial charge in [-0.1, -0.05) is 18.2 Å². The lowest BCUT2D eigenvalue weighted by Gasteiger charge is -2.20. The zero-order chi connectivity index (χ0) is 19.1. The first-order valence-corrected chi connectivity index (χ1v) is 9.82. The van der Waals surface area contributed by atoms with E-state index in [9.17, 15) is 0 Å². The predicted molar refractivity (Wildman–Crippen MR) is 116 cm³/mol. The van der Waals surface area contributed by atoms with Crippen LogP contribution in [0.15, 0.2) is 42.5 Å². The second kappa shape index (κ2) is 11.2. The minimum atomic E-state index is 0. The molecule has 3 rings (SSSR count). The van der Waals surface area contributed by atoms with E-state index in [4.69, 9.17) is 14.2 Å². The maximum Gasteiger partial charge on any atom is 0.122 e. The molecule has 0 saturated carbocycles. The molecular formula is C23H32ClNO3. The van der Waals surface area contributed by atoms with Gasteiger partial charge in [-0.3, -0.25) is 0 Å². The first-order valence-electron chi connectivity index (χ1n) is 9.82. The Kier molecular flexibility index (Phi) is 8.94. The van der Waals surface area contributed by atoms with E-state index < -0.39 is 0 Å². The zero-order valence-electron chi connectivity index (χ0n) is 17.1. The van der Waals surface area contributed by atoms with Crippen LogP contribution in [0, 0.1) is 0 Å². The second-order valence-electron chi connectivity index (χ2n) is 7.24. The molecule has 1 atom stereocenters. The fraction of sp³-hybridized carbons (Fsp3) is 0.478. The minimum absolute atomic E-state index is 0. The fourth-order valence-corrected chi connectivity index (χ4v) is 3.79. The molecule has 1 fully saturated rings. The van der Waals surface area contributed by atoms with Crippen LogP contribution in [0.2, 0.25) is 0 Å². The van der Waals surface area contributed by atoms with Gasteiger partial charge in [0.05, 0.1) is 20.8 Å². The number of ether oxygens (including phenoxy) is 3. The van der Waals surface area contributed by atoms with Crippen molar-refractivity contribution in [2.45, 2.75) is 38.1 Å². The van der Waals surface area contributed by atoms with Gasteiger partial charge >= 0.3 is 0 Å². The topological polar surface area (TPSA) is 30.9 Å². The van der Waals surface area contributed by atoms with Crippen molar-refractivity contribution in [1.29, 1.82) is 0 Å². The molecule has 2 aromatic rings. The molecule has 0 aliphatic carbocycles. The standard InChI is InChI=1S/C23H31NO3.ClH/c1-24-13-6-8-20(24)12-14-27-23-9-5-4-7-19(23)11-10-18-15-21(25-2)17-22(16-18)26-3;/h4-5,7,9,15-17,20H,6,8,10-14H2,1-3H3;1H/t20-;/m0./s1. The van der Waals surface area contributed by atoms with Crippen LogP contribution in [-0.2, 0) is 12.8 Å². The van der Waals surface area contributed by atoms with E-state index in [1.54, 1.807) is 14.2 Å². The smallest absolute Gasteiger partial charge is 0.122 e. The number of aryl methyl sites for hydroxylation is 2. The summed E-state index contributed by atoms with van der Waals surface area (Å²) in [6.07, 6.45) is 5.54. The highest BCUT2D eigenvalue weighted by molar-refractivity contribution is 5.85. The number of nitrogens with zero attached hydrogens (tertiary/aromatic N) is 1. The molecule has 2 aromatic carbocycles. The molecule has 1 heterocycles. The number of para-hydroxylation sites is 1. The molecule has 1 saturated heterocycles. The van der Waals surface area contributed by atoms with Crippen LogP contribution in [0.3, 0.4) is 0 Å². The number of hydrogen-bond acceptors (Lipinski definition) is 4. The summed E-state index contributed by atoms with van der Waals surface area (Å²) in [5.74, 6) is 2.66. The lowest BCUT2D eigenvalue weighted by molar-refractivity contribution is 0.232. The van der Waals surface area contributed by atoms with Gasteiger partial charge in [0.2, 0.25) is 0 Å². The number of benzene rings is 2. The molecule has 1 aliphatic rings. The van der Waals surface area contributed by atoms with E-state index in [0.717, 1.165) is 43.1 Å². The Balaban J connectivity index is 0.00000280. The van der Waals surface area contributed by atoms with Crippen molar-refractivity contribution in [2.75, 3.05) is 34.4 Å². The molecule has 28 heavy (non-hydrogen) atoms. The summed E-state index contributed by atoms with van der Waals surface area (Å²) in [6, 6.07) is 15.1. The van der Waals surface area contributed by atoms with Crippen molar-refractivity contribution in [3.05, 3.63) is 53.6 Å². The van der Waals surface area contributed by atoms with Crippen molar-refractivity contribution >= 4 is 12.4 Å². The second-order valence-corrected chi connectivity index (χ2v) is 7.24. The summed E-state index contributed by atoms with van der Waals surface area (Å²) in [4.78, 5) is 2.45. The molecule has 0 aromatic heterocycles. The van der Waals surface area contributed by atoms with Crippen molar-refractivity contribution in [3.63, 3.8) is 0 Å². The van der Waals surface area contributed by atoms with E-state index in [1.165, 1.54) is 30.5 Å². The van der Waals surface area contributed by atoms with E-state index in [1.807, 2.05) is 6.07 Å². The molecule has 154 valence electrons. The summed E-state index contributed by atoms with van der Waals surface area (Å²) >= 11 is 0. The van der Waals surface area contributed by atoms with Gasteiger partial charge in [0.1, 0.15) is 17.2 Å². The third-order valence-corrected chi connectivity index (χ3v) is 5.45. The molecule has 0 spiro atoms. The third-order valence-electron chi connectivity index (χ3n) is 5.45. The average molecular weight is 406 g/mol. The van der Waals surface area contributed by atoms with Gasteiger partial charge in [-0.25, -0.2) is 0 Å². The molecule has 0 amide bonds. The molecule has 5 heteroatoms. The SMILES string of the molecule is COc1cc(CCc2ccccc2OCC[C@@H]2CCCN2C)cc(OC)c1.Cl. The van der Waals surface area contributed by atoms with Gasteiger partial charge in [-0.05, 0) is 75.0 Å². The van der Waals surface area contributed by atoms with Crippen LogP contribution in [0.4, 0.5) is 0 Å². The van der Waals surface area contributed by atoms with Crippen LogP contribution >= 0.6 is 12.4 Å². The lowest BCUT2D eigenvalue weighted by atomic mass is 10.0. The van der Waals surface area contributed by atoms with E-state index in [2.05, 4.69) is 48.3 Å². The van der Waals surface area contributed by atoms with Gasteiger partial charge in [-0.15, -0.1) is 12.4 Å². The Labute approximate surface area is 175 Å². The largest absolute Gasteiger partial charge is 0.497 e. The van der Waals surface area contributed by atoms with E-state index >= 15 is 0 Å². The Morgan fingerprint density at radius 2 is 1.71 bits per heavy atom. The molecule has 4 nitrogen and oxygen atoms in total. The van der Waals surface area contributed by atoms with Crippen molar-refractivity contribution < 1.29 is 14.2 Å². The van der Waals surface area contributed by atoms with Crippen LogP contribution in [0.1, 0.15) is 30.4 Å². The zero-order valence-corrected chi connectivity index (χ0v) is 18.0. The number of likely N-dealkylation sites (tertiary alicyclic amines) is 1. The molecular weight excluding hydrogens is 374 g/mol. The summed E-state index contributed by atoms with van der Waals surface area (Å²) in [7, 11) is 5.58. The van der Waals surface area contributed by atoms with Gasteiger partial charge in [-0.2, -0.15) is 0 Å². The number of rotatable bonds is 9. The Hall–Kier alpha value is -1.91. The van der Waals surface area contributed by atoms with Crippen LogP contribution in [0.25, 0.3) is 0 Å². The quantitative estimate of drug-likeness (QED) is 0.601. The summed E-state index contributed by atoms with van der Waals surface area (Å²) in [6.45, 7) is 1.99. The van der Waals surface area contributed by atoms with Crippen molar-refractivity contribution in [3.8, 4) is 17.2 Å². The highest BCUT2D eigenvalue weighted by atomic mass is 35.5. The van der Waals surface area contributed by atoms with Gasteiger partial charge in [0, 0.05) is 12.1 Å². The normalized spacial score (nSPS) is 16.5. The molecule has 0 unspecified atom stereocenters. The highest BCUT2D eigenvalue weighted by Crippen LogP contribution is 2.26. The number of methoxy groups -OCH3 is 2. The summed E-state index contributed by atoms with van der Waals surface area (Å²) in [5, 5.41) is 0. The Morgan fingerprint density at radius 1 is 1.00 bits per heavy atom. The van der Waals surface area contributed by atoms with Gasteiger partial charge < -0.3 is 19.1 Å². The Morgan fingerprint density at radius 3 is 2.36 bits per heavy atom. The predicted octanol–water partition coefficient (Wildman–Crippen LogP) is 4.77. The van der Waals surface area contributed by atoms with Crippen LogP contribution in [-0.4, -0.2) is 45.4 Å².